The van der Waals surface area contributed by atoms with E-state index in [1.807, 2.05) is 0 Å². The van der Waals surface area contributed by atoms with Gasteiger partial charge in [-0.15, -0.1) is 5.10 Å². The molecule has 11 heteroatoms. The fraction of sp³-hybridized carbons (Fsp3) is 0.0588. The highest BCUT2D eigenvalue weighted by molar-refractivity contribution is 7.80. The number of aromatic nitrogens is 2. The topological polar surface area (TPSA) is 108 Å². The third-order valence-electron chi connectivity index (χ3n) is 3.51. The maximum atomic E-state index is 12.0. The summed E-state index contributed by atoms with van der Waals surface area (Å²) in [6.45, 7) is 0. The predicted octanol–water partition coefficient (Wildman–Crippen LogP) is 3.97. The normalized spacial score (nSPS) is 10.2. The number of amides is 1. The van der Waals surface area contributed by atoms with Crippen LogP contribution in [0.4, 0.5) is 17.1 Å². The van der Waals surface area contributed by atoms with Gasteiger partial charge in [-0.2, -0.15) is 0 Å². The van der Waals surface area contributed by atoms with Gasteiger partial charge in [0.15, 0.2) is 10.8 Å². The van der Waals surface area contributed by atoms with Crippen molar-refractivity contribution in [2.24, 2.45) is 0 Å². The van der Waals surface area contributed by atoms with E-state index in [0.717, 1.165) is 11.5 Å². The smallest absolute Gasteiger partial charge is 0.277 e. The molecule has 0 bridgehead atoms. The van der Waals surface area contributed by atoms with E-state index in [2.05, 4.69) is 25.5 Å². The van der Waals surface area contributed by atoms with Crippen LogP contribution < -0.4 is 20.7 Å². The number of nitrogens with zero attached hydrogens (tertiary/aromatic N) is 2. The van der Waals surface area contributed by atoms with E-state index in [1.165, 1.54) is 19.2 Å². The molecule has 144 valence electrons. The Bertz CT molecular complexity index is 997. The van der Waals surface area contributed by atoms with Crippen molar-refractivity contribution in [1.29, 1.82) is 0 Å². The molecule has 2 aromatic carbocycles. The van der Waals surface area contributed by atoms with Crippen LogP contribution in [0.25, 0.3) is 0 Å². The van der Waals surface area contributed by atoms with Crippen molar-refractivity contribution in [3.05, 3.63) is 52.5 Å². The molecule has 3 rings (SSSR count). The lowest BCUT2D eigenvalue weighted by molar-refractivity contribution is 0.102. The number of aromatic hydroxyl groups is 1. The van der Waals surface area contributed by atoms with E-state index in [-0.39, 0.29) is 22.4 Å². The maximum Gasteiger partial charge on any atom is 0.277 e. The molecule has 0 atom stereocenters. The fourth-order valence-electron chi connectivity index (χ4n) is 2.19. The molecule has 8 nitrogen and oxygen atoms in total. The molecule has 0 saturated carbocycles. The quantitative estimate of drug-likeness (QED) is 0.352. The van der Waals surface area contributed by atoms with Gasteiger partial charge in [-0.05, 0) is 54.1 Å². The Labute approximate surface area is 174 Å². The van der Waals surface area contributed by atoms with Crippen molar-refractivity contribution in [1.82, 2.24) is 9.59 Å². The highest BCUT2D eigenvalue weighted by Crippen LogP contribution is 2.35. The molecule has 0 spiro atoms. The summed E-state index contributed by atoms with van der Waals surface area (Å²) in [7, 11) is 1.47. The monoisotopic (exact) mass is 435 g/mol. The van der Waals surface area contributed by atoms with Crippen LogP contribution >= 0.6 is 35.4 Å². The summed E-state index contributed by atoms with van der Waals surface area (Å²) in [4.78, 5) is 12.0. The largest absolute Gasteiger partial charge is 0.506 e. The first-order chi connectivity index (χ1) is 13.5. The lowest BCUT2D eigenvalue weighted by Gasteiger charge is -2.14. The molecule has 0 unspecified atom stereocenters. The van der Waals surface area contributed by atoms with Crippen molar-refractivity contribution >= 4 is 63.4 Å². The number of nitrogens with one attached hydrogen (secondary N) is 3. The van der Waals surface area contributed by atoms with Crippen molar-refractivity contribution in [3.8, 4) is 11.5 Å². The first-order valence-corrected chi connectivity index (χ1v) is 9.41. The van der Waals surface area contributed by atoms with Crippen molar-refractivity contribution in [3.63, 3.8) is 0 Å². The molecule has 0 saturated heterocycles. The van der Waals surface area contributed by atoms with Gasteiger partial charge in [-0.1, -0.05) is 16.1 Å². The van der Waals surface area contributed by atoms with Crippen molar-refractivity contribution in [2.75, 3.05) is 23.1 Å². The number of thiocarbonyl (C=S) groups is 1. The van der Waals surface area contributed by atoms with Crippen LogP contribution in [0.5, 0.6) is 11.5 Å². The predicted molar refractivity (Wildman–Crippen MR) is 114 cm³/mol. The molecular weight excluding hydrogens is 422 g/mol. The number of methoxy groups -OCH3 is 1. The zero-order chi connectivity index (χ0) is 20.1. The first-order valence-electron chi connectivity index (χ1n) is 7.79. The Hall–Kier alpha value is -2.95. The third-order valence-corrected chi connectivity index (χ3v) is 4.52. The fourth-order valence-corrected chi connectivity index (χ4v) is 3.02. The maximum absolute atomic E-state index is 12.0. The Morgan fingerprint density at radius 1 is 1.18 bits per heavy atom. The highest BCUT2D eigenvalue weighted by atomic mass is 35.5. The molecule has 1 heterocycles. The van der Waals surface area contributed by atoms with Crippen LogP contribution in [0.2, 0.25) is 5.02 Å². The van der Waals surface area contributed by atoms with E-state index < -0.39 is 0 Å². The van der Waals surface area contributed by atoms with Gasteiger partial charge in [0.05, 0.1) is 17.8 Å². The van der Waals surface area contributed by atoms with Crippen LogP contribution in [0.1, 0.15) is 10.5 Å². The van der Waals surface area contributed by atoms with Gasteiger partial charge >= 0.3 is 0 Å². The van der Waals surface area contributed by atoms with E-state index in [9.17, 15) is 9.90 Å². The second kappa shape index (κ2) is 8.83. The molecule has 0 aliphatic rings. The van der Waals surface area contributed by atoms with Gasteiger partial charge in [-0.25, -0.2) is 0 Å². The summed E-state index contributed by atoms with van der Waals surface area (Å²) in [6, 6.07) is 9.85. The Kier molecular flexibility index (Phi) is 6.24. The number of carbonyl (C=O) groups is 1. The van der Waals surface area contributed by atoms with Crippen LogP contribution in [0, 0.1) is 0 Å². The summed E-state index contributed by atoms with van der Waals surface area (Å²) < 4.78 is 8.86. The van der Waals surface area contributed by atoms with Gasteiger partial charge < -0.3 is 25.8 Å². The summed E-state index contributed by atoms with van der Waals surface area (Å²) >= 11 is 12.3. The molecule has 0 radical (unpaired) electrons. The SMILES string of the molecule is COc1cc(O)c(Cl)cc1NC(=S)Nc1ccc(NC(=O)c2csnn2)cc1. The second-order valence-corrected chi connectivity index (χ2v) is 6.83. The molecule has 1 amide bonds. The average molecular weight is 436 g/mol. The van der Waals surface area contributed by atoms with Crippen LogP contribution in [-0.2, 0) is 0 Å². The zero-order valence-corrected chi connectivity index (χ0v) is 16.8. The van der Waals surface area contributed by atoms with Gasteiger partial charge in [0.25, 0.3) is 5.91 Å². The van der Waals surface area contributed by atoms with Crippen molar-refractivity contribution in [2.45, 2.75) is 0 Å². The molecule has 0 fully saturated rings. The average Bonchev–Trinajstić information content (AvgIpc) is 3.21. The van der Waals surface area contributed by atoms with Crippen LogP contribution in [0.3, 0.4) is 0 Å². The molecule has 4 N–H and O–H groups in total. The number of benzene rings is 2. The lowest BCUT2D eigenvalue weighted by atomic mass is 10.2. The number of halogens is 1. The van der Waals surface area contributed by atoms with E-state index in [4.69, 9.17) is 28.6 Å². The first kappa shape index (κ1) is 19.8. The summed E-state index contributed by atoms with van der Waals surface area (Å²) in [5, 5.41) is 24.1. The molecule has 28 heavy (non-hydrogen) atoms. The molecular formula is C17H14ClN5O3S2. The number of phenolic OH excluding ortho intramolecular Hbond substituents is 1. The Balaban J connectivity index is 1.62. The number of carbonyl (C=O) groups excluding carboxylic acids is 1. The highest BCUT2D eigenvalue weighted by Gasteiger charge is 2.11. The van der Waals surface area contributed by atoms with Crippen LogP contribution in [0.15, 0.2) is 41.8 Å². The van der Waals surface area contributed by atoms with E-state index in [0.29, 0.717) is 27.9 Å². The number of ether oxygens (including phenoxy) is 1. The minimum absolute atomic E-state index is 0.0889. The number of hydrogen-bond donors (Lipinski definition) is 4. The molecule has 0 aliphatic carbocycles. The second-order valence-electron chi connectivity index (χ2n) is 5.40. The standard InChI is InChI=1S/C17H14ClN5O3S2/c1-26-15-7-14(24)11(18)6-12(15)21-17(27)20-10-4-2-9(3-5-10)19-16(25)13-8-28-23-22-13/h2-8,24H,1H3,(H,19,25)(H2,20,21,27). The van der Waals surface area contributed by atoms with E-state index >= 15 is 0 Å². The summed E-state index contributed by atoms with van der Waals surface area (Å²) in [6.07, 6.45) is 0. The Morgan fingerprint density at radius 3 is 2.46 bits per heavy atom. The molecule has 1 aromatic heterocycles. The van der Waals surface area contributed by atoms with Crippen molar-refractivity contribution < 1.29 is 14.6 Å². The van der Waals surface area contributed by atoms with E-state index in [1.54, 1.807) is 29.6 Å². The van der Waals surface area contributed by atoms with Gasteiger partial charge in [0.2, 0.25) is 0 Å². The number of anilines is 3. The summed E-state index contributed by atoms with van der Waals surface area (Å²) in [5.41, 5.74) is 2.08. The minimum atomic E-state index is -0.331. The molecule has 3 aromatic rings. The lowest BCUT2D eigenvalue weighted by Crippen LogP contribution is -2.19. The number of rotatable bonds is 5. The van der Waals surface area contributed by atoms with Gasteiger partial charge in [0, 0.05) is 22.8 Å². The zero-order valence-electron chi connectivity index (χ0n) is 14.4. The van der Waals surface area contributed by atoms with Gasteiger partial charge in [0.1, 0.15) is 11.5 Å². The minimum Gasteiger partial charge on any atom is -0.506 e. The number of phenols is 1. The summed E-state index contributed by atoms with van der Waals surface area (Å²) in [5.74, 6) is -0.0300. The van der Waals surface area contributed by atoms with Gasteiger partial charge in [-0.3, -0.25) is 4.79 Å². The number of hydrogen-bond acceptors (Lipinski definition) is 7. The van der Waals surface area contributed by atoms with Crippen LogP contribution in [-0.4, -0.2) is 32.8 Å². The third kappa shape index (κ3) is 4.85. The molecule has 0 aliphatic heterocycles. The Morgan fingerprint density at radius 2 is 1.86 bits per heavy atom.